The monoisotopic (exact) mass is 149 g/mol. The van der Waals surface area contributed by atoms with E-state index in [1.807, 2.05) is 25.3 Å². The van der Waals surface area contributed by atoms with Crippen LogP contribution in [0.1, 0.15) is 24.1 Å². The summed E-state index contributed by atoms with van der Waals surface area (Å²) in [5.41, 5.74) is 1.51. The lowest BCUT2D eigenvalue weighted by atomic mass is 10.4. The second kappa shape index (κ2) is 2.75. The Morgan fingerprint density at radius 1 is 1.55 bits per heavy atom. The molecule has 0 atom stereocenters. The fourth-order valence-electron chi connectivity index (χ4n) is 1.24. The van der Waals surface area contributed by atoms with E-state index in [0.29, 0.717) is 5.69 Å². The highest BCUT2D eigenvalue weighted by Gasteiger charge is 2.07. The molecule has 0 radical (unpaired) electrons. The van der Waals surface area contributed by atoms with Gasteiger partial charge in [-0.3, -0.25) is 0 Å². The van der Waals surface area contributed by atoms with E-state index < -0.39 is 0 Å². The smallest absolute Gasteiger partial charge is 0.143 e. The molecule has 0 amide bonds. The fraction of sp³-hybridized carbons (Fsp3) is 0.500. The number of nitriles is 1. The van der Waals surface area contributed by atoms with E-state index in [-0.39, 0.29) is 0 Å². The lowest BCUT2D eigenvalue weighted by Crippen LogP contribution is -1.99. The first kappa shape index (κ1) is 7.80. The zero-order valence-electron chi connectivity index (χ0n) is 7.05. The van der Waals surface area contributed by atoms with Crippen molar-refractivity contribution in [2.75, 3.05) is 0 Å². The molecule has 1 heterocycles. The Hall–Kier alpha value is -1.30. The largest absolute Gasteiger partial charge is 0.320 e. The fourth-order valence-corrected chi connectivity index (χ4v) is 1.24. The molecular weight excluding hydrogens is 138 g/mol. The summed E-state index contributed by atoms with van der Waals surface area (Å²) in [5, 5.41) is 8.73. The number of aryl methyl sites for hydroxylation is 2. The third-order valence-electron chi connectivity index (χ3n) is 1.75. The van der Waals surface area contributed by atoms with Crippen LogP contribution >= 0.6 is 0 Å². The number of hydrogen-bond donors (Lipinski definition) is 0. The molecule has 0 saturated heterocycles. The van der Waals surface area contributed by atoms with Crippen molar-refractivity contribution in [3.63, 3.8) is 0 Å². The highest BCUT2D eigenvalue weighted by molar-refractivity contribution is 5.28. The van der Waals surface area contributed by atoms with Crippen molar-refractivity contribution >= 4 is 0 Å². The van der Waals surface area contributed by atoms with Crippen LogP contribution in [0.25, 0.3) is 0 Å². The lowest BCUT2D eigenvalue weighted by molar-refractivity contribution is 0.721. The molecule has 1 aromatic heterocycles. The Kier molecular flexibility index (Phi) is 1.95. The van der Waals surface area contributed by atoms with Crippen LogP contribution in [-0.2, 0) is 6.54 Å². The number of imidazole rings is 1. The van der Waals surface area contributed by atoms with Gasteiger partial charge in [0.15, 0.2) is 0 Å². The summed E-state index contributed by atoms with van der Waals surface area (Å²) in [7, 11) is 0. The van der Waals surface area contributed by atoms with Crippen molar-refractivity contribution in [3.8, 4) is 6.07 Å². The van der Waals surface area contributed by atoms with Crippen molar-refractivity contribution in [1.29, 1.82) is 5.26 Å². The summed E-state index contributed by atoms with van der Waals surface area (Å²) in [6.07, 6.45) is 0. The highest BCUT2D eigenvalue weighted by atomic mass is 15.1. The first-order valence-electron chi connectivity index (χ1n) is 3.64. The van der Waals surface area contributed by atoms with Crippen LogP contribution in [0.2, 0.25) is 0 Å². The summed E-state index contributed by atoms with van der Waals surface area (Å²) < 4.78 is 1.91. The van der Waals surface area contributed by atoms with Crippen LogP contribution in [0.5, 0.6) is 0 Å². The van der Waals surface area contributed by atoms with Crippen LogP contribution in [0.3, 0.4) is 0 Å². The van der Waals surface area contributed by atoms with E-state index in [2.05, 4.69) is 11.1 Å². The van der Waals surface area contributed by atoms with Gasteiger partial charge < -0.3 is 4.57 Å². The van der Waals surface area contributed by atoms with E-state index in [1.54, 1.807) is 0 Å². The topological polar surface area (TPSA) is 41.6 Å². The summed E-state index contributed by atoms with van der Waals surface area (Å²) in [5.74, 6) is 0.918. The van der Waals surface area contributed by atoms with Crippen LogP contribution in [0.15, 0.2) is 0 Å². The van der Waals surface area contributed by atoms with E-state index in [0.717, 1.165) is 18.1 Å². The van der Waals surface area contributed by atoms with Gasteiger partial charge >= 0.3 is 0 Å². The molecule has 0 unspecified atom stereocenters. The molecule has 1 rings (SSSR count). The molecule has 58 valence electrons. The first-order chi connectivity index (χ1) is 5.20. The number of hydrogen-bond acceptors (Lipinski definition) is 2. The van der Waals surface area contributed by atoms with Crippen LogP contribution in [-0.4, -0.2) is 9.55 Å². The van der Waals surface area contributed by atoms with Gasteiger partial charge in [-0.15, -0.1) is 0 Å². The average molecular weight is 149 g/mol. The standard InChI is InChI=1S/C8H11N3/c1-4-11-7(3)10-6(2)8(11)5-9/h4H2,1-3H3. The van der Waals surface area contributed by atoms with E-state index in [4.69, 9.17) is 5.26 Å². The molecule has 0 aliphatic carbocycles. The summed E-state index contributed by atoms with van der Waals surface area (Å²) in [4.78, 5) is 4.19. The van der Waals surface area contributed by atoms with Gasteiger partial charge in [0.25, 0.3) is 0 Å². The molecule has 0 aliphatic rings. The Morgan fingerprint density at radius 2 is 2.18 bits per heavy atom. The van der Waals surface area contributed by atoms with Crippen molar-refractivity contribution in [3.05, 3.63) is 17.2 Å². The average Bonchev–Trinajstić information content (AvgIpc) is 2.24. The van der Waals surface area contributed by atoms with Gasteiger partial charge in [0.05, 0.1) is 5.69 Å². The molecule has 0 saturated carbocycles. The molecule has 3 heteroatoms. The third-order valence-corrected chi connectivity index (χ3v) is 1.75. The summed E-state index contributed by atoms with van der Waals surface area (Å²) in [6, 6.07) is 2.14. The van der Waals surface area contributed by atoms with Crippen molar-refractivity contribution < 1.29 is 0 Å². The van der Waals surface area contributed by atoms with Crippen LogP contribution in [0, 0.1) is 25.2 Å². The maximum Gasteiger partial charge on any atom is 0.143 e. The zero-order valence-corrected chi connectivity index (χ0v) is 7.05. The Labute approximate surface area is 66.3 Å². The summed E-state index contributed by atoms with van der Waals surface area (Å²) in [6.45, 7) is 6.60. The molecule has 11 heavy (non-hydrogen) atoms. The predicted octanol–water partition coefficient (Wildman–Crippen LogP) is 1.39. The minimum atomic E-state index is 0.685. The minimum Gasteiger partial charge on any atom is -0.320 e. The minimum absolute atomic E-state index is 0.685. The van der Waals surface area contributed by atoms with Crippen molar-refractivity contribution in [1.82, 2.24) is 9.55 Å². The number of aromatic nitrogens is 2. The van der Waals surface area contributed by atoms with E-state index >= 15 is 0 Å². The van der Waals surface area contributed by atoms with E-state index in [9.17, 15) is 0 Å². The van der Waals surface area contributed by atoms with Crippen LogP contribution < -0.4 is 0 Å². The van der Waals surface area contributed by atoms with Gasteiger partial charge in [-0.2, -0.15) is 5.26 Å². The Bertz CT molecular complexity index is 304. The number of rotatable bonds is 1. The molecule has 0 bridgehead atoms. The lowest BCUT2D eigenvalue weighted by Gasteiger charge is -1.99. The SMILES string of the molecule is CCn1c(C)nc(C)c1C#N. The molecule has 0 aromatic carbocycles. The third kappa shape index (κ3) is 1.12. The zero-order chi connectivity index (χ0) is 8.43. The maximum absolute atomic E-state index is 8.73. The van der Waals surface area contributed by atoms with Gasteiger partial charge in [0, 0.05) is 6.54 Å². The van der Waals surface area contributed by atoms with Gasteiger partial charge in [-0.1, -0.05) is 0 Å². The Balaban J connectivity index is 3.31. The molecule has 1 aromatic rings. The normalized spacial score (nSPS) is 9.64. The first-order valence-corrected chi connectivity index (χ1v) is 3.64. The second-order valence-electron chi connectivity index (χ2n) is 2.45. The maximum atomic E-state index is 8.73. The van der Waals surface area contributed by atoms with Gasteiger partial charge in [0.1, 0.15) is 17.6 Å². The molecule has 0 fully saturated rings. The van der Waals surface area contributed by atoms with Gasteiger partial charge in [0.2, 0.25) is 0 Å². The van der Waals surface area contributed by atoms with Crippen LogP contribution in [0.4, 0.5) is 0 Å². The van der Waals surface area contributed by atoms with E-state index in [1.165, 1.54) is 0 Å². The molecule has 0 N–H and O–H groups in total. The second-order valence-corrected chi connectivity index (χ2v) is 2.45. The van der Waals surface area contributed by atoms with Gasteiger partial charge in [-0.05, 0) is 20.8 Å². The van der Waals surface area contributed by atoms with Gasteiger partial charge in [-0.25, -0.2) is 4.98 Å². The quantitative estimate of drug-likeness (QED) is 0.605. The molecular formula is C8H11N3. The Morgan fingerprint density at radius 3 is 2.55 bits per heavy atom. The molecule has 0 aliphatic heterocycles. The number of nitrogens with zero attached hydrogens (tertiary/aromatic N) is 3. The van der Waals surface area contributed by atoms with Crippen molar-refractivity contribution in [2.45, 2.75) is 27.3 Å². The molecule has 3 nitrogen and oxygen atoms in total. The highest BCUT2D eigenvalue weighted by Crippen LogP contribution is 2.08. The predicted molar refractivity (Wildman–Crippen MR) is 42.1 cm³/mol. The van der Waals surface area contributed by atoms with Crippen molar-refractivity contribution in [2.24, 2.45) is 0 Å². The molecule has 0 spiro atoms. The summed E-state index contributed by atoms with van der Waals surface area (Å²) >= 11 is 0.